The number of rotatable bonds is 7. The molecule has 0 aliphatic heterocycles. The van der Waals surface area contributed by atoms with Crippen molar-refractivity contribution in [3.63, 3.8) is 0 Å². The molecule has 108 valence electrons. The molecule has 1 unspecified atom stereocenters. The molecule has 1 heterocycles. The van der Waals surface area contributed by atoms with Gasteiger partial charge in [0.25, 0.3) is 0 Å². The molecule has 1 atom stereocenters. The van der Waals surface area contributed by atoms with E-state index in [0.717, 1.165) is 30.5 Å². The number of hydrogen-bond acceptors (Lipinski definition) is 2. The molecule has 0 radical (unpaired) electrons. The molecule has 0 aliphatic carbocycles. The van der Waals surface area contributed by atoms with Gasteiger partial charge in [-0.15, -0.1) is 0 Å². The number of aliphatic hydroxyl groups excluding tert-OH is 1. The van der Waals surface area contributed by atoms with Crippen molar-refractivity contribution in [2.45, 2.75) is 51.7 Å². The first-order valence-corrected chi connectivity index (χ1v) is 7.51. The Labute approximate surface area is 121 Å². The van der Waals surface area contributed by atoms with E-state index >= 15 is 0 Å². The SMILES string of the molecule is CCC(CC)n1ccc(CCC(O)c2ccccc2)n1. The van der Waals surface area contributed by atoms with E-state index in [1.165, 1.54) is 0 Å². The van der Waals surface area contributed by atoms with Crippen LogP contribution in [0.5, 0.6) is 0 Å². The van der Waals surface area contributed by atoms with Crippen molar-refractivity contribution < 1.29 is 5.11 Å². The molecule has 1 N–H and O–H groups in total. The lowest BCUT2D eigenvalue weighted by Gasteiger charge is -2.12. The summed E-state index contributed by atoms with van der Waals surface area (Å²) in [6.07, 6.45) is 5.37. The van der Waals surface area contributed by atoms with E-state index in [0.29, 0.717) is 12.5 Å². The summed E-state index contributed by atoms with van der Waals surface area (Å²) in [5.41, 5.74) is 2.04. The minimum Gasteiger partial charge on any atom is -0.388 e. The number of nitrogens with zero attached hydrogens (tertiary/aromatic N) is 2. The molecular formula is C17H24N2O. The van der Waals surface area contributed by atoms with Crippen LogP contribution in [0.4, 0.5) is 0 Å². The molecule has 3 heteroatoms. The normalized spacial score (nSPS) is 12.8. The maximum atomic E-state index is 10.2. The van der Waals surface area contributed by atoms with Crippen LogP contribution in [0, 0.1) is 0 Å². The van der Waals surface area contributed by atoms with Crippen molar-refractivity contribution in [3.8, 4) is 0 Å². The smallest absolute Gasteiger partial charge is 0.0793 e. The molecule has 0 bridgehead atoms. The second-order valence-corrected chi connectivity index (χ2v) is 5.22. The van der Waals surface area contributed by atoms with Crippen molar-refractivity contribution in [1.82, 2.24) is 9.78 Å². The van der Waals surface area contributed by atoms with Gasteiger partial charge in [0, 0.05) is 6.20 Å². The molecule has 0 saturated carbocycles. The Kier molecular flexibility index (Phi) is 5.36. The molecular weight excluding hydrogens is 248 g/mol. The minimum absolute atomic E-state index is 0.408. The van der Waals surface area contributed by atoms with Crippen LogP contribution in [0.1, 0.15) is 56.5 Å². The molecule has 0 fully saturated rings. The quantitative estimate of drug-likeness (QED) is 0.830. The Morgan fingerprint density at radius 3 is 2.45 bits per heavy atom. The van der Waals surface area contributed by atoms with Crippen LogP contribution in [0.2, 0.25) is 0 Å². The second-order valence-electron chi connectivity index (χ2n) is 5.22. The molecule has 3 nitrogen and oxygen atoms in total. The molecule has 2 rings (SSSR count). The Hall–Kier alpha value is -1.61. The average molecular weight is 272 g/mol. The van der Waals surface area contributed by atoms with E-state index in [2.05, 4.69) is 35.9 Å². The number of benzene rings is 1. The molecule has 0 aliphatic rings. The Balaban J connectivity index is 1.91. The van der Waals surface area contributed by atoms with Gasteiger partial charge in [-0.1, -0.05) is 44.2 Å². The fourth-order valence-corrected chi connectivity index (χ4v) is 2.50. The number of aryl methyl sites for hydroxylation is 1. The minimum atomic E-state index is -0.408. The van der Waals surface area contributed by atoms with Crippen molar-refractivity contribution >= 4 is 0 Å². The Morgan fingerprint density at radius 2 is 1.80 bits per heavy atom. The fourth-order valence-electron chi connectivity index (χ4n) is 2.50. The zero-order valence-corrected chi connectivity index (χ0v) is 12.4. The van der Waals surface area contributed by atoms with E-state index in [1.807, 2.05) is 30.3 Å². The first-order valence-electron chi connectivity index (χ1n) is 7.51. The molecule has 0 amide bonds. The average Bonchev–Trinajstić information content (AvgIpc) is 2.96. The zero-order chi connectivity index (χ0) is 14.4. The van der Waals surface area contributed by atoms with E-state index in [4.69, 9.17) is 0 Å². The van der Waals surface area contributed by atoms with Crippen molar-refractivity contribution in [2.24, 2.45) is 0 Å². The second kappa shape index (κ2) is 7.25. The number of hydrogen-bond donors (Lipinski definition) is 1. The monoisotopic (exact) mass is 272 g/mol. The Bertz CT molecular complexity index is 503. The highest BCUT2D eigenvalue weighted by atomic mass is 16.3. The molecule has 0 saturated heterocycles. The third-order valence-corrected chi connectivity index (χ3v) is 3.84. The highest BCUT2D eigenvalue weighted by molar-refractivity contribution is 5.17. The lowest BCUT2D eigenvalue weighted by atomic mass is 10.0. The van der Waals surface area contributed by atoms with Crippen LogP contribution in [0.15, 0.2) is 42.6 Å². The highest BCUT2D eigenvalue weighted by Gasteiger charge is 2.10. The zero-order valence-electron chi connectivity index (χ0n) is 12.4. The van der Waals surface area contributed by atoms with Gasteiger partial charge in [-0.25, -0.2) is 0 Å². The predicted octanol–water partition coefficient (Wildman–Crippen LogP) is 3.91. The van der Waals surface area contributed by atoms with Gasteiger partial charge in [-0.2, -0.15) is 5.10 Å². The first-order chi connectivity index (χ1) is 9.74. The summed E-state index contributed by atoms with van der Waals surface area (Å²) in [5, 5.41) is 14.8. The van der Waals surface area contributed by atoms with E-state index in [1.54, 1.807) is 0 Å². The summed E-state index contributed by atoms with van der Waals surface area (Å²) < 4.78 is 2.06. The molecule has 1 aromatic carbocycles. The van der Waals surface area contributed by atoms with Gasteiger partial charge in [0.05, 0.1) is 17.8 Å². The first kappa shape index (κ1) is 14.8. The summed E-state index contributed by atoms with van der Waals surface area (Å²) in [4.78, 5) is 0. The summed E-state index contributed by atoms with van der Waals surface area (Å²) in [6.45, 7) is 4.38. The topological polar surface area (TPSA) is 38.0 Å². The summed E-state index contributed by atoms with van der Waals surface area (Å²) in [6, 6.07) is 12.4. The summed E-state index contributed by atoms with van der Waals surface area (Å²) in [7, 11) is 0. The van der Waals surface area contributed by atoms with Crippen LogP contribution < -0.4 is 0 Å². The number of aliphatic hydroxyl groups is 1. The summed E-state index contributed by atoms with van der Waals surface area (Å²) in [5.74, 6) is 0. The Morgan fingerprint density at radius 1 is 1.10 bits per heavy atom. The van der Waals surface area contributed by atoms with E-state index in [9.17, 15) is 5.11 Å². The van der Waals surface area contributed by atoms with Crippen LogP contribution in [0.3, 0.4) is 0 Å². The van der Waals surface area contributed by atoms with Gasteiger partial charge in [0.1, 0.15) is 0 Å². The molecule has 0 spiro atoms. The summed E-state index contributed by atoms with van der Waals surface area (Å²) >= 11 is 0. The van der Waals surface area contributed by atoms with Crippen LogP contribution >= 0.6 is 0 Å². The van der Waals surface area contributed by atoms with Crippen LogP contribution in [-0.2, 0) is 6.42 Å². The van der Waals surface area contributed by atoms with Gasteiger partial charge >= 0.3 is 0 Å². The van der Waals surface area contributed by atoms with Crippen molar-refractivity contribution in [2.75, 3.05) is 0 Å². The standard InChI is InChI=1S/C17H24N2O/c1-3-16(4-2)19-13-12-15(18-19)10-11-17(20)14-8-6-5-7-9-14/h5-9,12-13,16-17,20H,3-4,10-11H2,1-2H3. The van der Waals surface area contributed by atoms with Crippen LogP contribution in [-0.4, -0.2) is 14.9 Å². The highest BCUT2D eigenvalue weighted by Crippen LogP contribution is 2.19. The fraction of sp³-hybridized carbons (Fsp3) is 0.471. The van der Waals surface area contributed by atoms with Crippen molar-refractivity contribution in [3.05, 3.63) is 53.9 Å². The van der Waals surface area contributed by atoms with Gasteiger partial charge < -0.3 is 5.11 Å². The predicted molar refractivity (Wildman–Crippen MR) is 81.6 cm³/mol. The van der Waals surface area contributed by atoms with E-state index in [-0.39, 0.29) is 0 Å². The number of aromatic nitrogens is 2. The molecule has 2 aromatic rings. The molecule has 20 heavy (non-hydrogen) atoms. The van der Waals surface area contributed by atoms with Gasteiger partial charge in [0.2, 0.25) is 0 Å². The molecule has 1 aromatic heterocycles. The third-order valence-electron chi connectivity index (χ3n) is 3.84. The van der Waals surface area contributed by atoms with E-state index < -0.39 is 6.10 Å². The lowest BCUT2D eigenvalue weighted by molar-refractivity contribution is 0.167. The van der Waals surface area contributed by atoms with Gasteiger partial charge in [-0.3, -0.25) is 4.68 Å². The largest absolute Gasteiger partial charge is 0.388 e. The van der Waals surface area contributed by atoms with Gasteiger partial charge in [0.15, 0.2) is 0 Å². The van der Waals surface area contributed by atoms with Crippen LogP contribution in [0.25, 0.3) is 0 Å². The lowest BCUT2D eigenvalue weighted by Crippen LogP contribution is -2.08. The third kappa shape index (κ3) is 3.70. The maximum Gasteiger partial charge on any atom is 0.0793 e. The van der Waals surface area contributed by atoms with Crippen molar-refractivity contribution in [1.29, 1.82) is 0 Å². The maximum absolute atomic E-state index is 10.2. The van der Waals surface area contributed by atoms with Gasteiger partial charge in [-0.05, 0) is 37.3 Å².